The molecule has 7 nitrogen and oxygen atoms in total. The zero-order chi connectivity index (χ0) is 17.3. The lowest BCUT2D eigenvalue weighted by Gasteiger charge is -2.13. The van der Waals surface area contributed by atoms with Gasteiger partial charge in [0.1, 0.15) is 18.0 Å². The number of aromatic nitrogens is 6. The van der Waals surface area contributed by atoms with Crippen molar-refractivity contribution in [3.63, 3.8) is 0 Å². The van der Waals surface area contributed by atoms with E-state index in [4.69, 9.17) is 9.97 Å². The van der Waals surface area contributed by atoms with Crippen molar-refractivity contribution in [2.75, 3.05) is 11.9 Å². The minimum absolute atomic E-state index is 0.609. The van der Waals surface area contributed by atoms with Crippen LogP contribution in [0.1, 0.15) is 42.3 Å². The summed E-state index contributed by atoms with van der Waals surface area (Å²) in [5, 5.41) is 11.9. The van der Waals surface area contributed by atoms with Crippen molar-refractivity contribution >= 4 is 5.82 Å². The Bertz CT molecular complexity index is 915. The molecule has 3 aromatic rings. The highest BCUT2D eigenvalue weighted by atomic mass is 15.3. The second-order valence-electron chi connectivity index (χ2n) is 7.00. The van der Waals surface area contributed by atoms with Gasteiger partial charge in [0, 0.05) is 48.2 Å². The number of rotatable bonds is 6. The molecule has 7 heteroatoms. The number of hydrogen-bond donors (Lipinski definition) is 1. The molecule has 0 aromatic carbocycles. The summed E-state index contributed by atoms with van der Waals surface area (Å²) in [7, 11) is 0. The Labute approximate surface area is 151 Å². The molecule has 0 atom stereocenters. The Hall–Kier alpha value is -2.83. The number of anilines is 1. The molecule has 2 aliphatic rings. The van der Waals surface area contributed by atoms with Crippen LogP contribution in [0.25, 0.3) is 11.4 Å². The summed E-state index contributed by atoms with van der Waals surface area (Å²) in [5.41, 5.74) is 3.40. The second-order valence-corrected chi connectivity index (χ2v) is 7.00. The monoisotopic (exact) mass is 347 g/mol. The van der Waals surface area contributed by atoms with Crippen LogP contribution in [-0.4, -0.2) is 36.3 Å². The zero-order valence-electron chi connectivity index (χ0n) is 14.6. The van der Waals surface area contributed by atoms with Crippen LogP contribution in [-0.2, 0) is 19.4 Å². The summed E-state index contributed by atoms with van der Waals surface area (Å²) < 4.78 is 2.16. The highest BCUT2D eigenvalue weighted by molar-refractivity contribution is 5.59. The summed E-state index contributed by atoms with van der Waals surface area (Å²) in [6.45, 7) is 1.65. The fraction of sp³-hybridized carbons (Fsp3) is 0.421. The van der Waals surface area contributed by atoms with Gasteiger partial charge in [-0.05, 0) is 44.2 Å². The number of aryl methyl sites for hydroxylation is 1. The Morgan fingerprint density at radius 2 is 2.15 bits per heavy atom. The van der Waals surface area contributed by atoms with Crippen LogP contribution in [0.4, 0.5) is 5.82 Å². The van der Waals surface area contributed by atoms with Gasteiger partial charge in [0.05, 0.1) is 0 Å². The lowest BCUT2D eigenvalue weighted by Crippen LogP contribution is -2.14. The summed E-state index contributed by atoms with van der Waals surface area (Å²) in [6.07, 6.45) is 11.1. The first-order valence-electron chi connectivity index (χ1n) is 9.30. The first-order valence-corrected chi connectivity index (χ1v) is 9.30. The Balaban J connectivity index is 1.36. The lowest BCUT2D eigenvalue weighted by molar-refractivity contribution is 0.675. The van der Waals surface area contributed by atoms with Crippen LogP contribution >= 0.6 is 0 Å². The van der Waals surface area contributed by atoms with Crippen molar-refractivity contribution in [2.45, 2.75) is 44.6 Å². The predicted molar refractivity (Wildman–Crippen MR) is 97.8 cm³/mol. The number of nitrogens with one attached hydrogen (secondary N) is 1. The molecule has 1 saturated carbocycles. The Morgan fingerprint density at radius 1 is 1.19 bits per heavy atom. The van der Waals surface area contributed by atoms with E-state index in [2.05, 4.69) is 25.1 Å². The van der Waals surface area contributed by atoms with Gasteiger partial charge < -0.3 is 9.88 Å². The van der Waals surface area contributed by atoms with Gasteiger partial charge >= 0.3 is 0 Å². The molecule has 0 unspecified atom stereocenters. The van der Waals surface area contributed by atoms with E-state index < -0.39 is 0 Å². The third kappa shape index (κ3) is 2.94. The standard InChI is InChI=1S/C19H21N7/c1-4-15-16(5-1)23-17(14-3-2-8-20-11-14)24-18(15)21-9-10-26-12-22-25-19(26)13-6-7-13/h2-3,8,11-13H,1,4-7,9-10H2,(H,21,23,24). The van der Waals surface area contributed by atoms with Crippen molar-refractivity contribution < 1.29 is 0 Å². The Kier molecular flexibility index (Phi) is 3.84. The first kappa shape index (κ1) is 15.4. The largest absolute Gasteiger partial charge is 0.368 e. The first-order chi connectivity index (χ1) is 12.9. The van der Waals surface area contributed by atoms with Crippen molar-refractivity contribution in [3.8, 4) is 11.4 Å². The summed E-state index contributed by atoms with van der Waals surface area (Å²) in [5.74, 6) is 3.45. The quantitative estimate of drug-likeness (QED) is 0.738. The maximum absolute atomic E-state index is 4.80. The molecule has 1 fully saturated rings. The molecule has 0 aliphatic heterocycles. The lowest BCUT2D eigenvalue weighted by atomic mass is 10.2. The van der Waals surface area contributed by atoms with Crippen molar-refractivity contribution in [2.24, 2.45) is 0 Å². The van der Waals surface area contributed by atoms with Gasteiger partial charge in [0.15, 0.2) is 5.82 Å². The van der Waals surface area contributed by atoms with E-state index in [1.807, 2.05) is 24.7 Å². The molecule has 5 rings (SSSR count). The van der Waals surface area contributed by atoms with Crippen LogP contribution in [0.3, 0.4) is 0 Å². The van der Waals surface area contributed by atoms with Gasteiger partial charge in [-0.15, -0.1) is 10.2 Å². The molecule has 26 heavy (non-hydrogen) atoms. The maximum atomic E-state index is 4.80. The van der Waals surface area contributed by atoms with Gasteiger partial charge in [0.25, 0.3) is 0 Å². The molecular formula is C19H21N7. The zero-order valence-corrected chi connectivity index (χ0v) is 14.6. The Morgan fingerprint density at radius 3 is 3.00 bits per heavy atom. The van der Waals surface area contributed by atoms with E-state index >= 15 is 0 Å². The summed E-state index contributed by atoms with van der Waals surface area (Å²) >= 11 is 0. The van der Waals surface area contributed by atoms with Crippen LogP contribution in [0, 0.1) is 0 Å². The SMILES string of the molecule is c1cncc(-c2nc3c(c(NCCn4cnnc4C4CC4)n2)CCC3)c1. The topological polar surface area (TPSA) is 81.4 Å². The third-order valence-corrected chi connectivity index (χ3v) is 5.09. The third-order valence-electron chi connectivity index (χ3n) is 5.09. The molecule has 0 saturated heterocycles. The summed E-state index contributed by atoms with van der Waals surface area (Å²) in [4.78, 5) is 13.8. The number of nitrogens with zero attached hydrogens (tertiary/aromatic N) is 6. The highest BCUT2D eigenvalue weighted by Gasteiger charge is 2.28. The molecule has 0 spiro atoms. The van der Waals surface area contributed by atoms with E-state index in [-0.39, 0.29) is 0 Å². The van der Waals surface area contributed by atoms with Crippen LogP contribution in [0.5, 0.6) is 0 Å². The van der Waals surface area contributed by atoms with Gasteiger partial charge in [-0.1, -0.05) is 0 Å². The second kappa shape index (κ2) is 6.48. The minimum Gasteiger partial charge on any atom is -0.368 e. The molecule has 3 heterocycles. The molecule has 0 radical (unpaired) electrons. The summed E-state index contributed by atoms with van der Waals surface area (Å²) in [6, 6.07) is 3.93. The number of pyridine rings is 1. The van der Waals surface area contributed by atoms with Crippen molar-refractivity contribution in [1.29, 1.82) is 0 Å². The van der Waals surface area contributed by atoms with Crippen LogP contribution in [0.2, 0.25) is 0 Å². The molecule has 2 aliphatic carbocycles. The highest BCUT2D eigenvalue weighted by Crippen LogP contribution is 2.38. The average molecular weight is 347 g/mol. The molecule has 132 valence electrons. The molecular weight excluding hydrogens is 326 g/mol. The number of hydrogen-bond acceptors (Lipinski definition) is 6. The average Bonchev–Trinajstić information content (AvgIpc) is 3.22. The van der Waals surface area contributed by atoms with Gasteiger partial charge in [-0.3, -0.25) is 4.98 Å². The minimum atomic E-state index is 0.609. The van der Waals surface area contributed by atoms with Gasteiger partial charge in [-0.25, -0.2) is 9.97 Å². The van der Waals surface area contributed by atoms with E-state index in [1.165, 1.54) is 24.1 Å². The van der Waals surface area contributed by atoms with E-state index in [1.54, 1.807) is 6.20 Å². The van der Waals surface area contributed by atoms with Gasteiger partial charge in [-0.2, -0.15) is 0 Å². The van der Waals surface area contributed by atoms with Crippen LogP contribution in [0.15, 0.2) is 30.9 Å². The molecule has 0 amide bonds. The maximum Gasteiger partial charge on any atom is 0.163 e. The van der Waals surface area contributed by atoms with E-state index in [9.17, 15) is 0 Å². The number of fused-ring (bicyclic) bond motifs is 1. The fourth-order valence-corrected chi connectivity index (χ4v) is 3.59. The molecule has 0 bridgehead atoms. The predicted octanol–water partition coefficient (Wildman–Crippen LogP) is 2.61. The van der Waals surface area contributed by atoms with E-state index in [0.717, 1.165) is 55.4 Å². The fourth-order valence-electron chi connectivity index (χ4n) is 3.59. The van der Waals surface area contributed by atoms with E-state index in [0.29, 0.717) is 5.92 Å². The van der Waals surface area contributed by atoms with Crippen molar-refractivity contribution in [3.05, 3.63) is 47.9 Å². The van der Waals surface area contributed by atoms with Gasteiger partial charge in [0.2, 0.25) is 0 Å². The van der Waals surface area contributed by atoms with Crippen LogP contribution < -0.4 is 5.32 Å². The normalized spacial score (nSPS) is 15.8. The molecule has 1 N–H and O–H groups in total. The smallest absolute Gasteiger partial charge is 0.163 e. The van der Waals surface area contributed by atoms with Crippen molar-refractivity contribution in [1.82, 2.24) is 29.7 Å². The molecule has 3 aromatic heterocycles.